The molecule has 0 bridgehead atoms. The van der Waals surface area contributed by atoms with Crippen molar-refractivity contribution in [1.82, 2.24) is 8.61 Å². The lowest BCUT2D eigenvalue weighted by Crippen LogP contribution is -2.42. The molecular formula is C18H24N2O2S. The number of hydrogen-bond donors (Lipinski definition) is 0. The first kappa shape index (κ1) is 16.4. The molecule has 5 heteroatoms. The molecule has 0 aliphatic carbocycles. The Hall–Kier alpha value is -1.43. The monoisotopic (exact) mass is 332 g/mol. The predicted octanol–water partition coefficient (Wildman–Crippen LogP) is 3.39. The molecule has 0 amide bonds. The largest absolute Gasteiger partial charge is 0.282 e. The molecular weight excluding hydrogens is 308 g/mol. The molecule has 124 valence electrons. The van der Waals surface area contributed by atoms with Crippen LogP contribution in [-0.2, 0) is 16.8 Å². The van der Waals surface area contributed by atoms with Crippen molar-refractivity contribution in [3.63, 3.8) is 0 Å². The van der Waals surface area contributed by atoms with Crippen LogP contribution in [0.25, 0.3) is 10.8 Å². The number of rotatable bonds is 4. The van der Waals surface area contributed by atoms with Crippen LogP contribution in [0.4, 0.5) is 0 Å². The Bertz CT molecular complexity index is 765. The summed E-state index contributed by atoms with van der Waals surface area (Å²) >= 11 is 0. The van der Waals surface area contributed by atoms with Crippen molar-refractivity contribution in [2.75, 3.05) is 20.1 Å². The van der Waals surface area contributed by atoms with Gasteiger partial charge in [0.15, 0.2) is 0 Å². The SMILES string of the molecule is CN(Cc1ccc2ccccc2c1)S(=O)(=O)N1CCCCCC1. The Morgan fingerprint density at radius 3 is 2.30 bits per heavy atom. The first-order chi connectivity index (χ1) is 11.1. The van der Waals surface area contributed by atoms with Gasteiger partial charge in [-0.15, -0.1) is 0 Å². The molecule has 1 saturated heterocycles. The fourth-order valence-corrected chi connectivity index (χ4v) is 4.57. The first-order valence-corrected chi connectivity index (χ1v) is 9.66. The second-order valence-electron chi connectivity index (χ2n) is 6.26. The topological polar surface area (TPSA) is 40.6 Å². The molecule has 3 rings (SSSR count). The molecule has 4 nitrogen and oxygen atoms in total. The van der Waals surface area contributed by atoms with Gasteiger partial charge < -0.3 is 0 Å². The summed E-state index contributed by atoms with van der Waals surface area (Å²) in [5.41, 5.74) is 1.02. The molecule has 1 fully saturated rings. The van der Waals surface area contributed by atoms with Gasteiger partial charge in [-0.3, -0.25) is 0 Å². The van der Waals surface area contributed by atoms with Crippen LogP contribution in [0.5, 0.6) is 0 Å². The predicted molar refractivity (Wildman–Crippen MR) is 94.4 cm³/mol. The lowest BCUT2D eigenvalue weighted by atomic mass is 10.1. The van der Waals surface area contributed by atoms with E-state index in [4.69, 9.17) is 0 Å². The molecule has 0 spiro atoms. The molecule has 0 saturated carbocycles. The third-order valence-electron chi connectivity index (χ3n) is 4.50. The van der Waals surface area contributed by atoms with Crippen LogP contribution in [0.1, 0.15) is 31.2 Å². The average Bonchev–Trinajstić information content (AvgIpc) is 2.84. The number of nitrogens with zero attached hydrogens (tertiary/aromatic N) is 2. The van der Waals surface area contributed by atoms with Crippen molar-refractivity contribution < 1.29 is 8.42 Å². The maximum absolute atomic E-state index is 12.8. The van der Waals surface area contributed by atoms with Gasteiger partial charge in [-0.25, -0.2) is 0 Å². The highest BCUT2D eigenvalue weighted by Crippen LogP contribution is 2.20. The lowest BCUT2D eigenvalue weighted by Gasteiger charge is -2.26. The fraction of sp³-hybridized carbons (Fsp3) is 0.444. The quantitative estimate of drug-likeness (QED) is 0.861. The minimum absolute atomic E-state index is 0.406. The highest BCUT2D eigenvalue weighted by atomic mass is 32.2. The van der Waals surface area contributed by atoms with Crippen LogP contribution in [0.2, 0.25) is 0 Å². The van der Waals surface area contributed by atoms with E-state index in [2.05, 4.69) is 24.3 Å². The molecule has 0 N–H and O–H groups in total. The summed E-state index contributed by atoms with van der Waals surface area (Å²) in [4.78, 5) is 0. The van der Waals surface area contributed by atoms with Gasteiger partial charge in [0.25, 0.3) is 10.2 Å². The van der Waals surface area contributed by atoms with Crippen molar-refractivity contribution in [3.8, 4) is 0 Å². The van der Waals surface area contributed by atoms with Crippen LogP contribution in [0.3, 0.4) is 0 Å². The maximum Gasteiger partial charge on any atom is 0.282 e. The molecule has 1 aliphatic rings. The van der Waals surface area contributed by atoms with Gasteiger partial charge in [0.2, 0.25) is 0 Å². The minimum Gasteiger partial charge on any atom is -0.195 e. The summed E-state index contributed by atoms with van der Waals surface area (Å²) in [5, 5.41) is 2.32. The Morgan fingerprint density at radius 2 is 1.61 bits per heavy atom. The molecule has 23 heavy (non-hydrogen) atoms. The summed E-state index contributed by atoms with van der Waals surface area (Å²) in [6.45, 7) is 1.69. The molecule has 1 aliphatic heterocycles. The van der Waals surface area contributed by atoms with Crippen molar-refractivity contribution in [2.45, 2.75) is 32.2 Å². The third-order valence-corrected chi connectivity index (χ3v) is 6.44. The van der Waals surface area contributed by atoms with Crippen molar-refractivity contribution in [3.05, 3.63) is 48.0 Å². The number of benzene rings is 2. The standard InChI is InChI=1S/C18H24N2O2S/c1-19(23(21,22)20-12-6-2-3-7-13-20)15-16-10-11-17-8-4-5-9-18(17)14-16/h4-5,8-11,14H,2-3,6-7,12-13,15H2,1H3. The smallest absolute Gasteiger partial charge is 0.195 e. The van der Waals surface area contributed by atoms with Crippen molar-refractivity contribution >= 4 is 21.0 Å². The van der Waals surface area contributed by atoms with E-state index in [1.165, 1.54) is 9.69 Å². The zero-order chi connectivity index (χ0) is 16.3. The molecule has 0 aromatic heterocycles. The van der Waals surface area contributed by atoms with Gasteiger partial charge in [-0.2, -0.15) is 17.0 Å². The van der Waals surface area contributed by atoms with E-state index in [0.29, 0.717) is 19.6 Å². The van der Waals surface area contributed by atoms with E-state index in [-0.39, 0.29) is 0 Å². The molecule has 0 atom stereocenters. The molecule has 0 unspecified atom stereocenters. The van der Waals surface area contributed by atoms with Gasteiger partial charge in [-0.05, 0) is 35.2 Å². The van der Waals surface area contributed by atoms with Crippen molar-refractivity contribution in [1.29, 1.82) is 0 Å². The van der Waals surface area contributed by atoms with E-state index in [1.807, 2.05) is 18.2 Å². The third kappa shape index (κ3) is 3.74. The second-order valence-corrected chi connectivity index (χ2v) is 8.29. The maximum atomic E-state index is 12.8. The lowest BCUT2D eigenvalue weighted by molar-refractivity contribution is 0.363. The first-order valence-electron chi connectivity index (χ1n) is 8.26. The molecule has 2 aromatic rings. The van der Waals surface area contributed by atoms with E-state index in [0.717, 1.165) is 36.6 Å². The number of hydrogen-bond acceptors (Lipinski definition) is 2. The Kier molecular flexibility index (Phi) is 4.99. The van der Waals surface area contributed by atoms with E-state index >= 15 is 0 Å². The van der Waals surface area contributed by atoms with Crippen LogP contribution in [0.15, 0.2) is 42.5 Å². The summed E-state index contributed by atoms with van der Waals surface area (Å²) in [6, 6.07) is 14.3. The molecule has 2 aromatic carbocycles. The Balaban J connectivity index is 1.77. The summed E-state index contributed by atoms with van der Waals surface area (Å²) in [6.07, 6.45) is 4.17. The molecule has 1 heterocycles. The zero-order valence-electron chi connectivity index (χ0n) is 13.6. The highest BCUT2D eigenvalue weighted by molar-refractivity contribution is 7.86. The zero-order valence-corrected chi connectivity index (χ0v) is 14.4. The van der Waals surface area contributed by atoms with Crippen LogP contribution in [0, 0.1) is 0 Å². The molecule has 0 radical (unpaired) electrons. The van der Waals surface area contributed by atoms with Crippen molar-refractivity contribution in [2.24, 2.45) is 0 Å². The second kappa shape index (κ2) is 6.99. The summed E-state index contributed by atoms with van der Waals surface area (Å²) in [5.74, 6) is 0. The van der Waals surface area contributed by atoms with Crippen LogP contribution in [-0.4, -0.2) is 37.2 Å². The number of fused-ring (bicyclic) bond motifs is 1. The minimum atomic E-state index is -3.37. The normalized spacial score (nSPS) is 17.5. The average molecular weight is 332 g/mol. The van der Waals surface area contributed by atoms with E-state index in [9.17, 15) is 8.42 Å². The summed E-state index contributed by atoms with van der Waals surface area (Å²) < 4.78 is 28.6. The fourth-order valence-electron chi connectivity index (χ4n) is 3.15. The van der Waals surface area contributed by atoms with Gasteiger partial charge in [0, 0.05) is 26.7 Å². The Morgan fingerprint density at radius 1 is 0.957 bits per heavy atom. The van der Waals surface area contributed by atoms with Crippen LogP contribution >= 0.6 is 0 Å². The van der Waals surface area contributed by atoms with Crippen LogP contribution < -0.4 is 0 Å². The van der Waals surface area contributed by atoms with Gasteiger partial charge in [-0.1, -0.05) is 49.2 Å². The van der Waals surface area contributed by atoms with E-state index in [1.54, 1.807) is 11.4 Å². The van der Waals surface area contributed by atoms with Gasteiger partial charge in [0.1, 0.15) is 0 Å². The van der Waals surface area contributed by atoms with E-state index < -0.39 is 10.2 Å². The Labute approximate surface area is 138 Å². The van der Waals surface area contributed by atoms with Gasteiger partial charge in [0.05, 0.1) is 0 Å². The highest BCUT2D eigenvalue weighted by Gasteiger charge is 2.27. The van der Waals surface area contributed by atoms with Gasteiger partial charge >= 0.3 is 0 Å². The summed E-state index contributed by atoms with van der Waals surface area (Å²) in [7, 11) is -1.69.